The molecule has 0 radical (unpaired) electrons. The SMILES string of the molecule is Cc1nc(CC2CC2)sc1C(=O)N1CCC(S(C)(=O)=O)C1. The number of amides is 1. The van der Waals surface area contributed by atoms with Crippen molar-refractivity contribution in [1.82, 2.24) is 9.88 Å². The molecule has 1 aliphatic carbocycles. The summed E-state index contributed by atoms with van der Waals surface area (Å²) < 4.78 is 23.2. The molecule has 1 aromatic rings. The quantitative estimate of drug-likeness (QED) is 0.843. The van der Waals surface area contributed by atoms with Gasteiger partial charge in [0, 0.05) is 25.8 Å². The summed E-state index contributed by atoms with van der Waals surface area (Å²) in [6.07, 6.45) is 5.30. The number of aryl methyl sites for hydroxylation is 1. The molecule has 21 heavy (non-hydrogen) atoms. The first-order chi connectivity index (χ1) is 9.84. The van der Waals surface area contributed by atoms with E-state index in [1.807, 2.05) is 6.92 Å². The van der Waals surface area contributed by atoms with Crippen molar-refractivity contribution in [3.8, 4) is 0 Å². The molecule has 0 bridgehead atoms. The molecular weight excluding hydrogens is 308 g/mol. The lowest BCUT2D eigenvalue weighted by Crippen LogP contribution is -2.31. The largest absolute Gasteiger partial charge is 0.337 e. The highest BCUT2D eigenvalue weighted by molar-refractivity contribution is 7.91. The fourth-order valence-corrected chi connectivity index (χ4v) is 4.84. The fourth-order valence-electron chi connectivity index (χ4n) is 2.71. The number of carbonyl (C=O) groups is 1. The summed E-state index contributed by atoms with van der Waals surface area (Å²) >= 11 is 1.48. The average Bonchev–Trinajstić information content (AvgIpc) is 2.92. The maximum atomic E-state index is 12.6. The highest BCUT2D eigenvalue weighted by atomic mass is 32.2. The Bertz CT molecular complexity index is 662. The Morgan fingerprint density at radius 3 is 2.67 bits per heavy atom. The van der Waals surface area contributed by atoms with E-state index in [1.165, 1.54) is 30.4 Å². The molecule has 0 spiro atoms. The highest BCUT2D eigenvalue weighted by Crippen LogP contribution is 2.34. The molecule has 0 N–H and O–H groups in total. The molecule has 1 atom stereocenters. The van der Waals surface area contributed by atoms with Gasteiger partial charge in [0.2, 0.25) is 0 Å². The van der Waals surface area contributed by atoms with E-state index >= 15 is 0 Å². The molecule has 2 fully saturated rings. The number of thiazole rings is 1. The van der Waals surface area contributed by atoms with Gasteiger partial charge in [-0.05, 0) is 32.1 Å². The lowest BCUT2D eigenvalue weighted by atomic mass is 10.3. The van der Waals surface area contributed by atoms with Gasteiger partial charge in [0.1, 0.15) is 4.88 Å². The number of aromatic nitrogens is 1. The van der Waals surface area contributed by atoms with Crippen LogP contribution in [0.1, 0.15) is 39.6 Å². The summed E-state index contributed by atoms with van der Waals surface area (Å²) in [6.45, 7) is 2.70. The van der Waals surface area contributed by atoms with Gasteiger partial charge in [-0.25, -0.2) is 13.4 Å². The molecule has 3 rings (SSSR count). The Morgan fingerprint density at radius 2 is 2.10 bits per heavy atom. The fraction of sp³-hybridized carbons (Fsp3) is 0.714. The van der Waals surface area contributed by atoms with Crippen molar-refractivity contribution in [3.63, 3.8) is 0 Å². The molecule has 1 saturated heterocycles. The van der Waals surface area contributed by atoms with E-state index < -0.39 is 15.1 Å². The second kappa shape index (κ2) is 5.35. The molecule has 1 saturated carbocycles. The number of rotatable bonds is 4. The van der Waals surface area contributed by atoms with Gasteiger partial charge in [0.05, 0.1) is 16.0 Å². The zero-order valence-corrected chi connectivity index (χ0v) is 14.0. The smallest absolute Gasteiger partial charge is 0.265 e. The van der Waals surface area contributed by atoms with Crippen LogP contribution < -0.4 is 0 Å². The Kier molecular flexibility index (Phi) is 3.81. The van der Waals surface area contributed by atoms with Gasteiger partial charge in [0.25, 0.3) is 5.91 Å². The van der Waals surface area contributed by atoms with Crippen LogP contribution in [0.3, 0.4) is 0 Å². The predicted octanol–water partition coefficient (Wildman–Crippen LogP) is 1.66. The second-order valence-electron chi connectivity index (χ2n) is 6.16. The van der Waals surface area contributed by atoms with Crippen LogP contribution in [0, 0.1) is 12.8 Å². The number of nitrogens with zero attached hydrogens (tertiary/aromatic N) is 2. The van der Waals surface area contributed by atoms with Crippen molar-refractivity contribution in [2.24, 2.45) is 5.92 Å². The lowest BCUT2D eigenvalue weighted by Gasteiger charge is -2.15. The number of hydrogen-bond donors (Lipinski definition) is 0. The molecule has 1 amide bonds. The van der Waals surface area contributed by atoms with E-state index in [2.05, 4.69) is 4.98 Å². The van der Waals surface area contributed by atoms with Crippen LogP contribution >= 0.6 is 11.3 Å². The van der Waals surface area contributed by atoms with Crippen LogP contribution in [-0.4, -0.2) is 48.8 Å². The Balaban J connectivity index is 1.72. The zero-order chi connectivity index (χ0) is 15.2. The summed E-state index contributed by atoms with van der Waals surface area (Å²) in [6, 6.07) is 0. The van der Waals surface area contributed by atoms with Crippen LogP contribution in [0.5, 0.6) is 0 Å². The maximum absolute atomic E-state index is 12.6. The number of carbonyl (C=O) groups excluding carboxylic acids is 1. The minimum absolute atomic E-state index is 0.0572. The van der Waals surface area contributed by atoms with E-state index in [-0.39, 0.29) is 5.91 Å². The normalized spacial score (nSPS) is 22.8. The van der Waals surface area contributed by atoms with E-state index in [4.69, 9.17) is 0 Å². The molecule has 2 heterocycles. The molecule has 1 aromatic heterocycles. The average molecular weight is 328 g/mol. The molecule has 5 nitrogen and oxygen atoms in total. The van der Waals surface area contributed by atoms with E-state index in [9.17, 15) is 13.2 Å². The number of sulfone groups is 1. The van der Waals surface area contributed by atoms with Crippen LogP contribution in [0.25, 0.3) is 0 Å². The molecule has 1 aliphatic heterocycles. The molecular formula is C14H20N2O3S2. The molecule has 116 valence electrons. The summed E-state index contributed by atoms with van der Waals surface area (Å²) in [5.74, 6) is 0.693. The van der Waals surface area contributed by atoms with Crippen molar-refractivity contribution < 1.29 is 13.2 Å². The predicted molar refractivity (Wildman–Crippen MR) is 82.4 cm³/mol. The van der Waals surface area contributed by atoms with Gasteiger partial charge in [-0.15, -0.1) is 11.3 Å². The highest BCUT2D eigenvalue weighted by Gasteiger charge is 2.34. The first-order valence-corrected chi connectivity index (χ1v) is 10.1. The van der Waals surface area contributed by atoms with Crippen LogP contribution in [0.15, 0.2) is 0 Å². The number of likely N-dealkylation sites (tertiary alicyclic amines) is 1. The van der Waals surface area contributed by atoms with Gasteiger partial charge in [-0.1, -0.05) is 0 Å². The Labute approximate surface area is 129 Å². The molecule has 0 aromatic carbocycles. The van der Waals surface area contributed by atoms with Gasteiger partial charge < -0.3 is 4.90 Å². The van der Waals surface area contributed by atoms with Crippen LogP contribution in [-0.2, 0) is 16.3 Å². The third-order valence-electron chi connectivity index (χ3n) is 4.23. The van der Waals surface area contributed by atoms with Crippen LogP contribution in [0.2, 0.25) is 0 Å². The van der Waals surface area contributed by atoms with E-state index in [0.717, 1.165) is 23.0 Å². The third-order valence-corrected chi connectivity index (χ3v) is 7.00. The molecule has 7 heteroatoms. The van der Waals surface area contributed by atoms with E-state index in [1.54, 1.807) is 4.90 Å². The van der Waals surface area contributed by atoms with Crippen molar-refractivity contribution in [2.45, 2.75) is 37.9 Å². The first-order valence-electron chi connectivity index (χ1n) is 7.29. The van der Waals surface area contributed by atoms with Crippen molar-refractivity contribution in [2.75, 3.05) is 19.3 Å². The molecule has 2 aliphatic rings. The lowest BCUT2D eigenvalue weighted by molar-refractivity contribution is 0.0797. The standard InChI is InChI=1S/C14H20N2O3S2/c1-9-13(20-12(15-9)7-10-3-4-10)14(17)16-6-5-11(8-16)21(2,18)19/h10-11H,3-8H2,1-2H3. The van der Waals surface area contributed by atoms with Gasteiger partial charge in [-0.2, -0.15) is 0 Å². The Morgan fingerprint density at radius 1 is 1.38 bits per heavy atom. The van der Waals surface area contributed by atoms with Crippen molar-refractivity contribution in [3.05, 3.63) is 15.6 Å². The Hall–Kier alpha value is -0.950. The third kappa shape index (κ3) is 3.29. The van der Waals surface area contributed by atoms with Gasteiger partial charge in [-0.3, -0.25) is 4.79 Å². The zero-order valence-electron chi connectivity index (χ0n) is 12.3. The van der Waals surface area contributed by atoms with Crippen molar-refractivity contribution >= 4 is 27.1 Å². The minimum atomic E-state index is -3.07. The van der Waals surface area contributed by atoms with Crippen LogP contribution in [0.4, 0.5) is 0 Å². The van der Waals surface area contributed by atoms with Gasteiger partial charge >= 0.3 is 0 Å². The summed E-state index contributed by atoms with van der Waals surface area (Å²) in [4.78, 5) is 19.4. The minimum Gasteiger partial charge on any atom is -0.337 e. The van der Waals surface area contributed by atoms with E-state index in [0.29, 0.717) is 24.4 Å². The monoisotopic (exact) mass is 328 g/mol. The van der Waals surface area contributed by atoms with Crippen molar-refractivity contribution in [1.29, 1.82) is 0 Å². The summed E-state index contributed by atoms with van der Waals surface area (Å²) in [7, 11) is -3.07. The molecule has 1 unspecified atom stereocenters. The second-order valence-corrected chi connectivity index (χ2v) is 9.57. The summed E-state index contributed by atoms with van der Waals surface area (Å²) in [5.41, 5.74) is 0.781. The first kappa shape index (κ1) is 15.0. The topological polar surface area (TPSA) is 67.3 Å². The number of hydrogen-bond acceptors (Lipinski definition) is 5. The maximum Gasteiger partial charge on any atom is 0.265 e. The summed E-state index contributed by atoms with van der Waals surface area (Å²) in [5, 5.41) is 0.623. The van der Waals surface area contributed by atoms with Gasteiger partial charge in [0.15, 0.2) is 9.84 Å².